The molecule has 0 saturated heterocycles. The molecule has 0 fully saturated rings. The molecule has 17 heavy (non-hydrogen) atoms. The number of aromatic amines is 1. The van der Waals surface area contributed by atoms with Crippen molar-refractivity contribution in [3.63, 3.8) is 0 Å². The second-order valence-corrected chi connectivity index (χ2v) is 4.60. The summed E-state index contributed by atoms with van der Waals surface area (Å²) >= 11 is 0. The second-order valence-electron chi connectivity index (χ2n) is 4.60. The highest BCUT2D eigenvalue weighted by Gasteiger charge is 2.19. The van der Waals surface area contributed by atoms with Gasteiger partial charge in [0.25, 0.3) is 5.56 Å². The lowest BCUT2D eigenvalue weighted by atomic mass is 9.97. The summed E-state index contributed by atoms with van der Waals surface area (Å²) in [7, 11) is 1.67. The fourth-order valence-corrected chi connectivity index (χ4v) is 2.40. The Morgan fingerprint density at radius 3 is 2.88 bits per heavy atom. The van der Waals surface area contributed by atoms with Crippen LogP contribution >= 0.6 is 0 Å². The van der Waals surface area contributed by atoms with E-state index >= 15 is 0 Å². The molecule has 1 N–H and O–H groups in total. The van der Waals surface area contributed by atoms with Crippen LogP contribution in [0.4, 0.5) is 0 Å². The number of methoxy groups -OCH3 is 1. The van der Waals surface area contributed by atoms with E-state index < -0.39 is 0 Å². The zero-order chi connectivity index (χ0) is 12.3. The van der Waals surface area contributed by atoms with Crippen LogP contribution in [0.2, 0.25) is 0 Å². The Morgan fingerprint density at radius 2 is 2.18 bits per heavy atom. The molecular weight excluding hydrogens is 216 g/mol. The molecule has 0 saturated carbocycles. The van der Waals surface area contributed by atoms with Crippen molar-refractivity contribution in [2.45, 2.75) is 51.6 Å². The van der Waals surface area contributed by atoms with Crippen LogP contribution in [0.25, 0.3) is 0 Å². The molecule has 1 aromatic rings. The molecule has 0 radical (unpaired) electrons. The summed E-state index contributed by atoms with van der Waals surface area (Å²) in [6, 6.07) is 0. The van der Waals surface area contributed by atoms with Crippen molar-refractivity contribution in [2.24, 2.45) is 0 Å². The Kier molecular flexibility index (Phi) is 3.94. The zero-order valence-corrected chi connectivity index (χ0v) is 10.6. The molecule has 1 heterocycles. The van der Waals surface area contributed by atoms with Gasteiger partial charge in [0.05, 0.1) is 5.69 Å². The molecule has 4 heteroatoms. The molecule has 1 aliphatic carbocycles. The van der Waals surface area contributed by atoms with E-state index in [2.05, 4.69) is 16.9 Å². The van der Waals surface area contributed by atoms with Gasteiger partial charge in [-0.2, -0.15) is 0 Å². The average Bonchev–Trinajstić information content (AvgIpc) is 2.36. The monoisotopic (exact) mass is 236 g/mol. The second kappa shape index (κ2) is 5.45. The first kappa shape index (κ1) is 12.3. The summed E-state index contributed by atoms with van der Waals surface area (Å²) < 4.78 is 5.39. The number of ether oxygens (including phenoxy) is 1. The Bertz CT molecular complexity index is 440. The third kappa shape index (κ3) is 2.57. The third-order valence-electron chi connectivity index (χ3n) is 3.35. The number of aromatic nitrogens is 2. The first-order valence-corrected chi connectivity index (χ1v) is 6.41. The van der Waals surface area contributed by atoms with Gasteiger partial charge in [-0.1, -0.05) is 13.3 Å². The molecule has 1 aromatic heterocycles. The van der Waals surface area contributed by atoms with Crippen molar-refractivity contribution in [3.8, 4) is 0 Å². The van der Waals surface area contributed by atoms with Crippen molar-refractivity contribution in [1.82, 2.24) is 9.97 Å². The van der Waals surface area contributed by atoms with E-state index in [1.165, 1.54) is 0 Å². The lowest BCUT2D eigenvalue weighted by Gasteiger charge is -2.18. The summed E-state index contributed by atoms with van der Waals surface area (Å²) in [5.41, 5.74) is 1.89. The number of hydrogen-bond acceptors (Lipinski definition) is 3. The molecule has 0 amide bonds. The third-order valence-corrected chi connectivity index (χ3v) is 3.35. The minimum atomic E-state index is -0.0834. The standard InChI is InChI=1S/C13H20N2O2/c1-3-6-11(17-2)12-14-10-8-5-4-7-9(10)13(16)15-12/h11H,3-8H2,1-2H3,(H,14,15,16). The number of nitrogens with one attached hydrogen (secondary N) is 1. The van der Waals surface area contributed by atoms with E-state index in [1.807, 2.05) is 0 Å². The highest BCUT2D eigenvalue weighted by Crippen LogP contribution is 2.21. The Balaban J connectivity index is 2.36. The van der Waals surface area contributed by atoms with Gasteiger partial charge >= 0.3 is 0 Å². The normalized spacial score (nSPS) is 16.6. The SMILES string of the molecule is CCCC(OC)c1nc2c(c(=O)[nH]1)CCCC2. The van der Waals surface area contributed by atoms with Crippen LogP contribution in [-0.2, 0) is 17.6 Å². The van der Waals surface area contributed by atoms with E-state index in [1.54, 1.807) is 7.11 Å². The van der Waals surface area contributed by atoms with E-state index in [4.69, 9.17) is 4.74 Å². The molecule has 1 aliphatic rings. The van der Waals surface area contributed by atoms with Crippen molar-refractivity contribution >= 4 is 0 Å². The number of fused-ring (bicyclic) bond motifs is 1. The summed E-state index contributed by atoms with van der Waals surface area (Å²) in [5, 5.41) is 0. The Labute approximate surface area is 101 Å². The van der Waals surface area contributed by atoms with Crippen LogP contribution in [0.1, 0.15) is 55.8 Å². The molecule has 2 rings (SSSR count). The molecule has 0 spiro atoms. The van der Waals surface area contributed by atoms with E-state index in [0.29, 0.717) is 5.82 Å². The molecule has 1 unspecified atom stereocenters. The summed E-state index contributed by atoms with van der Waals surface area (Å²) in [4.78, 5) is 19.4. The van der Waals surface area contributed by atoms with Gasteiger partial charge in [-0.05, 0) is 32.1 Å². The Morgan fingerprint density at radius 1 is 1.41 bits per heavy atom. The van der Waals surface area contributed by atoms with Crippen LogP contribution in [-0.4, -0.2) is 17.1 Å². The Hall–Kier alpha value is -1.16. The quantitative estimate of drug-likeness (QED) is 0.871. The predicted octanol–water partition coefficient (Wildman–Crippen LogP) is 2.14. The summed E-state index contributed by atoms with van der Waals surface area (Å²) in [6.07, 6.45) is 5.84. The van der Waals surface area contributed by atoms with Gasteiger partial charge in [0.15, 0.2) is 0 Å². The van der Waals surface area contributed by atoms with Crippen LogP contribution in [0.3, 0.4) is 0 Å². The van der Waals surface area contributed by atoms with E-state index in [0.717, 1.165) is 49.8 Å². The first-order chi connectivity index (χ1) is 8.26. The minimum Gasteiger partial charge on any atom is -0.374 e. The smallest absolute Gasteiger partial charge is 0.254 e. The van der Waals surface area contributed by atoms with Crippen LogP contribution in [0.15, 0.2) is 4.79 Å². The molecule has 0 aliphatic heterocycles. The summed E-state index contributed by atoms with van der Waals surface area (Å²) in [5.74, 6) is 0.694. The van der Waals surface area contributed by atoms with Gasteiger partial charge in [0.2, 0.25) is 0 Å². The van der Waals surface area contributed by atoms with Gasteiger partial charge in [-0.15, -0.1) is 0 Å². The van der Waals surface area contributed by atoms with Gasteiger partial charge in [-0.3, -0.25) is 4.79 Å². The highest BCUT2D eigenvalue weighted by atomic mass is 16.5. The number of rotatable bonds is 4. The number of nitrogens with zero attached hydrogens (tertiary/aromatic N) is 1. The van der Waals surface area contributed by atoms with Crippen LogP contribution < -0.4 is 5.56 Å². The van der Waals surface area contributed by atoms with Gasteiger partial charge in [0, 0.05) is 12.7 Å². The maximum atomic E-state index is 12.0. The first-order valence-electron chi connectivity index (χ1n) is 6.41. The van der Waals surface area contributed by atoms with Crippen molar-refractivity contribution < 1.29 is 4.74 Å². The maximum absolute atomic E-state index is 12.0. The van der Waals surface area contributed by atoms with Gasteiger partial charge in [0.1, 0.15) is 11.9 Å². The lowest BCUT2D eigenvalue weighted by Crippen LogP contribution is -2.24. The maximum Gasteiger partial charge on any atom is 0.254 e. The molecule has 0 bridgehead atoms. The highest BCUT2D eigenvalue weighted by molar-refractivity contribution is 5.21. The minimum absolute atomic E-state index is 0.0304. The lowest BCUT2D eigenvalue weighted by molar-refractivity contribution is 0.0870. The largest absolute Gasteiger partial charge is 0.374 e. The number of hydrogen-bond donors (Lipinski definition) is 1. The van der Waals surface area contributed by atoms with Crippen molar-refractivity contribution in [3.05, 3.63) is 27.4 Å². The summed E-state index contributed by atoms with van der Waals surface area (Å²) in [6.45, 7) is 2.10. The fraction of sp³-hybridized carbons (Fsp3) is 0.692. The molecule has 94 valence electrons. The zero-order valence-electron chi connectivity index (χ0n) is 10.6. The van der Waals surface area contributed by atoms with E-state index in [9.17, 15) is 4.79 Å². The van der Waals surface area contributed by atoms with Crippen LogP contribution in [0, 0.1) is 0 Å². The van der Waals surface area contributed by atoms with Gasteiger partial charge < -0.3 is 9.72 Å². The molecule has 4 nitrogen and oxygen atoms in total. The molecule has 1 atom stereocenters. The topological polar surface area (TPSA) is 55.0 Å². The van der Waals surface area contributed by atoms with Gasteiger partial charge in [-0.25, -0.2) is 4.98 Å². The van der Waals surface area contributed by atoms with E-state index in [-0.39, 0.29) is 11.7 Å². The number of aryl methyl sites for hydroxylation is 1. The van der Waals surface area contributed by atoms with Crippen LogP contribution in [0.5, 0.6) is 0 Å². The fourth-order valence-electron chi connectivity index (χ4n) is 2.40. The average molecular weight is 236 g/mol. The number of H-pyrrole nitrogens is 1. The van der Waals surface area contributed by atoms with Crippen molar-refractivity contribution in [2.75, 3.05) is 7.11 Å². The predicted molar refractivity (Wildman–Crippen MR) is 66.2 cm³/mol. The molecular formula is C13H20N2O2. The molecule has 0 aromatic carbocycles. The van der Waals surface area contributed by atoms with Crippen molar-refractivity contribution in [1.29, 1.82) is 0 Å².